The maximum absolute atomic E-state index is 4.83. The van der Waals surface area contributed by atoms with Crippen molar-refractivity contribution in [3.05, 3.63) is 109 Å². The molecule has 0 fully saturated rings. The van der Waals surface area contributed by atoms with E-state index in [-0.39, 0.29) is 0 Å². The highest BCUT2D eigenvalue weighted by Gasteiger charge is 2.11. The van der Waals surface area contributed by atoms with Crippen molar-refractivity contribution in [3.8, 4) is 16.9 Å². The second-order valence-corrected chi connectivity index (χ2v) is 7.31. The number of benzene rings is 4. The molecule has 0 N–H and O–H groups in total. The van der Waals surface area contributed by atoms with E-state index < -0.39 is 0 Å². The Bertz CT molecular complexity index is 1440. The molecule has 0 bridgehead atoms. The highest BCUT2D eigenvalue weighted by Crippen LogP contribution is 2.32. The lowest BCUT2D eigenvalue weighted by atomic mass is 10.1. The lowest BCUT2D eigenvalue weighted by Crippen LogP contribution is -1.94. The fourth-order valence-corrected chi connectivity index (χ4v) is 4.21. The fourth-order valence-electron chi connectivity index (χ4n) is 4.21. The lowest BCUT2D eigenvalue weighted by Gasteiger charge is -2.09. The Morgan fingerprint density at radius 3 is 1.86 bits per heavy atom. The van der Waals surface area contributed by atoms with Crippen LogP contribution in [0, 0.1) is 0 Å². The van der Waals surface area contributed by atoms with Crippen LogP contribution in [-0.4, -0.2) is 9.55 Å². The van der Waals surface area contributed by atoms with Crippen LogP contribution in [0.3, 0.4) is 0 Å². The Balaban J connectivity index is 1.50. The Labute approximate surface area is 168 Å². The molecular formula is C27H18N2. The number of fused-ring (bicyclic) bond motifs is 4. The van der Waals surface area contributed by atoms with Gasteiger partial charge < -0.3 is 4.57 Å². The van der Waals surface area contributed by atoms with Gasteiger partial charge in [-0.05, 0) is 36.4 Å². The molecule has 6 rings (SSSR count). The van der Waals surface area contributed by atoms with E-state index >= 15 is 0 Å². The molecule has 136 valence electrons. The third-order valence-corrected chi connectivity index (χ3v) is 5.60. The molecule has 4 aromatic carbocycles. The second kappa shape index (κ2) is 6.32. The summed E-state index contributed by atoms with van der Waals surface area (Å²) in [5.74, 6) is 0. The third-order valence-electron chi connectivity index (χ3n) is 5.60. The number of pyridine rings is 1. The molecule has 0 unspecified atom stereocenters. The minimum absolute atomic E-state index is 0.998. The number of hydrogen-bond donors (Lipinski definition) is 0. The summed E-state index contributed by atoms with van der Waals surface area (Å²) in [6, 6.07) is 38.3. The maximum atomic E-state index is 4.83. The Hall–Kier alpha value is -3.91. The summed E-state index contributed by atoms with van der Waals surface area (Å²) < 4.78 is 2.34. The summed E-state index contributed by atoms with van der Waals surface area (Å²) in [5, 5.41) is 3.73. The Morgan fingerprint density at radius 2 is 1.14 bits per heavy atom. The van der Waals surface area contributed by atoms with Gasteiger partial charge in [-0.25, -0.2) is 4.98 Å². The molecule has 29 heavy (non-hydrogen) atoms. The van der Waals surface area contributed by atoms with Crippen LogP contribution in [0.2, 0.25) is 0 Å². The van der Waals surface area contributed by atoms with Crippen molar-refractivity contribution in [2.24, 2.45) is 0 Å². The van der Waals surface area contributed by atoms with Crippen LogP contribution in [0.1, 0.15) is 0 Å². The lowest BCUT2D eigenvalue weighted by molar-refractivity contribution is 1.18. The minimum atomic E-state index is 0.998. The van der Waals surface area contributed by atoms with Crippen LogP contribution < -0.4 is 0 Å². The van der Waals surface area contributed by atoms with Crippen molar-refractivity contribution in [2.75, 3.05) is 0 Å². The van der Waals surface area contributed by atoms with Crippen molar-refractivity contribution in [3.63, 3.8) is 0 Å². The minimum Gasteiger partial charge on any atom is -0.309 e. The molecule has 2 aromatic heterocycles. The quantitative estimate of drug-likeness (QED) is 0.321. The number of rotatable bonds is 2. The van der Waals surface area contributed by atoms with E-state index in [0.29, 0.717) is 0 Å². The molecule has 0 aliphatic heterocycles. The smallest absolute Gasteiger partial charge is 0.0709 e. The van der Waals surface area contributed by atoms with Crippen molar-refractivity contribution in [1.82, 2.24) is 9.55 Å². The molecule has 2 heterocycles. The molecule has 0 aliphatic rings. The first-order chi connectivity index (χ1) is 14.4. The van der Waals surface area contributed by atoms with Crippen LogP contribution in [0.5, 0.6) is 0 Å². The van der Waals surface area contributed by atoms with Crippen LogP contribution in [-0.2, 0) is 0 Å². The van der Waals surface area contributed by atoms with Crippen molar-refractivity contribution < 1.29 is 0 Å². The van der Waals surface area contributed by atoms with Gasteiger partial charge in [0.05, 0.1) is 22.2 Å². The first kappa shape index (κ1) is 16.1. The van der Waals surface area contributed by atoms with Gasteiger partial charge in [-0.3, -0.25) is 0 Å². The van der Waals surface area contributed by atoms with E-state index in [1.807, 2.05) is 12.1 Å². The van der Waals surface area contributed by atoms with E-state index in [0.717, 1.165) is 27.8 Å². The third kappa shape index (κ3) is 2.54. The van der Waals surface area contributed by atoms with Gasteiger partial charge in [0.1, 0.15) is 0 Å². The molecule has 0 aliphatic carbocycles. The van der Waals surface area contributed by atoms with Gasteiger partial charge in [0.2, 0.25) is 0 Å². The molecule has 2 nitrogen and oxygen atoms in total. The molecule has 0 atom stereocenters. The highest BCUT2D eigenvalue weighted by molar-refractivity contribution is 6.09. The number of hydrogen-bond acceptors (Lipinski definition) is 1. The van der Waals surface area contributed by atoms with Gasteiger partial charge >= 0.3 is 0 Å². The predicted molar refractivity (Wildman–Crippen MR) is 122 cm³/mol. The van der Waals surface area contributed by atoms with Gasteiger partial charge in [-0.2, -0.15) is 0 Å². The van der Waals surface area contributed by atoms with Crippen LogP contribution in [0.15, 0.2) is 109 Å². The summed E-state index contributed by atoms with van der Waals surface area (Å²) in [7, 11) is 0. The Kier molecular flexibility index (Phi) is 3.50. The summed E-state index contributed by atoms with van der Waals surface area (Å²) in [4.78, 5) is 4.83. The zero-order valence-electron chi connectivity index (χ0n) is 15.8. The zero-order chi connectivity index (χ0) is 19.2. The van der Waals surface area contributed by atoms with E-state index in [9.17, 15) is 0 Å². The van der Waals surface area contributed by atoms with E-state index in [2.05, 4.69) is 102 Å². The summed E-state index contributed by atoms with van der Waals surface area (Å²) in [6.07, 6.45) is 0. The summed E-state index contributed by atoms with van der Waals surface area (Å²) >= 11 is 0. The molecule has 2 heteroatoms. The predicted octanol–water partition coefficient (Wildman–Crippen LogP) is 7.00. The van der Waals surface area contributed by atoms with E-state index in [1.54, 1.807) is 0 Å². The SMILES string of the molecule is c1ccc2nc(-c3ccc(-n4c5ccccc5c5ccccc54)cc3)ccc2c1. The van der Waals surface area contributed by atoms with Crippen LogP contribution in [0.25, 0.3) is 49.7 Å². The fraction of sp³-hybridized carbons (Fsp3) is 0. The van der Waals surface area contributed by atoms with Crippen LogP contribution in [0.4, 0.5) is 0 Å². The molecule has 0 amide bonds. The molecular weight excluding hydrogens is 352 g/mol. The normalized spacial score (nSPS) is 11.4. The topological polar surface area (TPSA) is 17.8 Å². The first-order valence-corrected chi connectivity index (χ1v) is 9.83. The van der Waals surface area contributed by atoms with Gasteiger partial charge in [0.25, 0.3) is 0 Å². The van der Waals surface area contributed by atoms with Gasteiger partial charge in [0.15, 0.2) is 0 Å². The standard InChI is InChI=1S/C27H18N2/c1-4-10-24-19(7-1)15-18-25(28-24)20-13-16-21(17-14-20)29-26-11-5-2-8-22(26)23-9-3-6-12-27(23)29/h1-18H. The molecule has 0 spiro atoms. The zero-order valence-corrected chi connectivity index (χ0v) is 15.8. The molecule has 0 radical (unpaired) electrons. The average molecular weight is 370 g/mol. The number of nitrogens with zero attached hydrogens (tertiary/aromatic N) is 2. The first-order valence-electron chi connectivity index (χ1n) is 9.83. The van der Waals surface area contributed by atoms with E-state index in [4.69, 9.17) is 4.98 Å². The van der Waals surface area contributed by atoms with Gasteiger partial charge in [0, 0.05) is 27.4 Å². The van der Waals surface area contributed by atoms with E-state index in [1.165, 1.54) is 21.8 Å². The van der Waals surface area contributed by atoms with Crippen molar-refractivity contribution >= 4 is 32.7 Å². The molecule has 0 saturated carbocycles. The number of aromatic nitrogens is 2. The monoisotopic (exact) mass is 370 g/mol. The Morgan fingerprint density at radius 1 is 0.517 bits per heavy atom. The maximum Gasteiger partial charge on any atom is 0.0709 e. The van der Waals surface area contributed by atoms with Crippen molar-refractivity contribution in [1.29, 1.82) is 0 Å². The van der Waals surface area contributed by atoms with Gasteiger partial charge in [-0.1, -0.05) is 72.8 Å². The summed E-state index contributed by atoms with van der Waals surface area (Å²) in [5.41, 5.74) is 6.76. The van der Waals surface area contributed by atoms with Gasteiger partial charge in [-0.15, -0.1) is 0 Å². The molecule has 6 aromatic rings. The largest absolute Gasteiger partial charge is 0.309 e. The number of para-hydroxylation sites is 3. The van der Waals surface area contributed by atoms with Crippen LogP contribution >= 0.6 is 0 Å². The molecule has 0 saturated heterocycles. The van der Waals surface area contributed by atoms with Crippen molar-refractivity contribution in [2.45, 2.75) is 0 Å². The average Bonchev–Trinajstić information content (AvgIpc) is 3.13. The highest BCUT2D eigenvalue weighted by atomic mass is 15.0. The summed E-state index contributed by atoms with van der Waals surface area (Å²) in [6.45, 7) is 0. The second-order valence-electron chi connectivity index (χ2n) is 7.31.